The van der Waals surface area contributed by atoms with Gasteiger partial charge in [0.05, 0.1) is 11.7 Å². The van der Waals surface area contributed by atoms with Gasteiger partial charge < -0.3 is 15.3 Å². The van der Waals surface area contributed by atoms with Crippen molar-refractivity contribution in [3.63, 3.8) is 0 Å². The topological polar surface area (TPSA) is 60.7 Å². The van der Waals surface area contributed by atoms with Gasteiger partial charge in [0.2, 0.25) is 0 Å². The third-order valence-electron chi connectivity index (χ3n) is 10.1. The van der Waals surface area contributed by atoms with E-state index in [1.807, 2.05) is 13.0 Å². The normalized spacial score (nSPS) is 35.6. The quantitative estimate of drug-likeness (QED) is 0.176. The van der Waals surface area contributed by atoms with Crippen molar-refractivity contribution < 1.29 is 54.3 Å². The third kappa shape index (κ3) is 7.78. The molecule has 2 unspecified atom stereocenters. The minimum Gasteiger partial charge on any atom is -0.393 e. The highest BCUT2D eigenvalue weighted by molar-refractivity contribution is 5.39. The highest BCUT2D eigenvalue weighted by atomic mass is 19.4. The predicted octanol–water partition coefficient (Wildman–Crippen LogP) is 8.85. The molecule has 3 nitrogen and oxygen atoms in total. The van der Waals surface area contributed by atoms with Gasteiger partial charge in [-0.3, -0.25) is 0 Å². The summed E-state index contributed by atoms with van der Waals surface area (Å²) in [6.45, 7) is 0.827. The van der Waals surface area contributed by atoms with E-state index in [0.29, 0.717) is 43.8 Å². The summed E-state index contributed by atoms with van der Waals surface area (Å²) < 4.78 is 141. The first-order valence-electron chi connectivity index (χ1n) is 17.7. The zero-order valence-electron chi connectivity index (χ0n) is 30.6. The Morgan fingerprint density at radius 1 is 1.05 bits per heavy atom. The number of allylic oxidation sites excluding steroid dienone is 5. The van der Waals surface area contributed by atoms with Gasteiger partial charge in [0.1, 0.15) is 6.17 Å². The van der Waals surface area contributed by atoms with Gasteiger partial charge in [-0.25, -0.2) is 4.39 Å². The summed E-state index contributed by atoms with van der Waals surface area (Å²) in [6.07, 6.45) is -8.51. The highest BCUT2D eigenvalue weighted by Gasteiger charge is 2.69. The van der Waals surface area contributed by atoms with Crippen molar-refractivity contribution in [1.82, 2.24) is 0 Å². The molecular formula is C33H47F7O3. The molecule has 0 heterocycles. The van der Waals surface area contributed by atoms with Crippen molar-refractivity contribution in [2.75, 3.05) is 0 Å². The fourth-order valence-electron chi connectivity index (χ4n) is 7.83. The van der Waals surface area contributed by atoms with Gasteiger partial charge in [-0.2, -0.15) is 26.3 Å². The summed E-state index contributed by atoms with van der Waals surface area (Å²) >= 11 is 0. The number of rotatable bonds is 9. The maximum Gasteiger partial charge on any atom is 0.429 e. The minimum atomic E-state index is -6.07. The first kappa shape index (κ1) is 27.6. The van der Waals surface area contributed by atoms with Crippen molar-refractivity contribution in [3.05, 3.63) is 47.6 Å². The molecule has 3 aliphatic rings. The molecule has 0 spiro atoms. The van der Waals surface area contributed by atoms with Crippen LogP contribution in [0.3, 0.4) is 0 Å². The first-order valence-corrected chi connectivity index (χ1v) is 14.7. The standard InChI is InChI=1S/C33H47F7O3/c1-21-23(19-24(41)20-26(21)34)11-10-22-9-6-17-30(5)25(22)12-13-27(30)29(4,15-7-14-28(2,3)42)16-8-18-31(43,32(35,36)37)33(38,39)40/h8,10-11,18,24-27,41-43H,1,6-7,9,12-17,19-20H2,2-5H3/b18-8+,22-10+,23-11-/t24-,25?,26+,27-,29?,30+/m1/s1/i2D3,3D3. The van der Waals surface area contributed by atoms with Crippen LogP contribution in [0.5, 0.6) is 0 Å². The smallest absolute Gasteiger partial charge is 0.393 e. The largest absolute Gasteiger partial charge is 0.429 e. The molecule has 3 saturated carbocycles. The van der Waals surface area contributed by atoms with Crippen molar-refractivity contribution in [1.29, 1.82) is 0 Å². The molecule has 3 fully saturated rings. The average molecular weight is 631 g/mol. The molecule has 43 heavy (non-hydrogen) atoms. The Morgan fingerprint density at radius 3 is 2.30 bits per heavy atom. The van der Waals surface area contributed by atoms with Crippen LogP contribution >= 0.6 is 0 Å². The Morgan fingerprint density at radius 2 is 1.70 bits per heavy atom. The molecule has 0 bridgehead atoms. The predicted molar refractivity (Wildman–Crippen MR) is 153 cm³/mol. The molecule has 0 aromatic carbocycles. The number of aliphatic hydroxyl groups is 3. The number of aliphatic hydroxyl groups excluding tert-OH is 1. The summed E-state index contributed by atoms with van der Waals surface area (Å²) in [5, 5.41) is 30.6. The molecule has 6 atom stereocenters. The zero-order valence-corrected chi connectivity index (χ0v) is 24.6. The van der Waals surface area contributed by atoms with Crippen molar-refractivity contribution in [3.8, 4) is 0 Å². The molecule has 0 radical (unpaired) electrons. The molecule has 0 aromatic rings. The molecule has 3 aliphatic carbocycles. The fourth-order valence-corrected chi connectivity index (χ4v) is 7.83. The molecule has 0 saturated heterocycles. The van der Waals surface area contributed by atoms with Gasteiger partial charge in [0, 0.05) is 14.6 Å². The Labute approximate surface area is 259 Å². The van der Waals surface area contributed by atoms with Crippen LogP contribution in [-0.2, 0) is 0 Å². The fraction of sp³-hybridized carbons (Fsp3) is 0.758. The summed E-state index contributed by atoms with van der Waals surface area (Å²) in [5.41, 5.74) is -7.99. The van der Waals surface area contributed by atoms with E-state index in [1.165, 1.54) is 0 Å². The third-order valence-corrected chi connectivity index (χ3v) is 10.1. The second kappa shape index (κ2) is 12.6. The SMILES string of the molecule is [2H]C([2H])([2H])C(O)(CCCC(C)(C/C=C/C(O)(C(F)(F)F)C(F)(F)F)[C@H]1CCC2/C(=C/C=C3/C[C@@H](O)C[C@H](F)C3=C)CCC[C@@]21C)C([2H])([2H])[2H]. The van der Waals surface area contributed by atoms with Gasteiger partial charge in [0.15, 0.2) is 0 Å². The molecule has 10 heteroatoms. The van der Waals surface area contributed by atoms with E-state index in [-0.39, 0.29) is 49.2 Å². The highest BCUT2D eigenvalue weighted by Crippen LogP contribution is 2.64. The van der Waals surface area contributed by atoms with E-state index in [2.05, 4.69) is 6.58 Å². The molecule has 246 valence electrons. The molecule has 3 rings (SSSR count). The number of halogens is 7. The Bertz CT molecular complexity index is 1280. The van der Waals surface area contributed by atoms with Crippen molar-refractivity contribution >= 4 is 0 Å². The Hall–Kier alpha value is -1.65. The first-order chi connectivity index (χ1) is 22.0. The lowest BCUT2D eigenvalue weighted by Crippen LogP contribution is -2.55. The van der Waals surface area contributed by atoms with E-state index in [0.717, 1.165) is 5.57 Å². The van der Waals surface area contributed by atoms with Crippen molar-refractivity contribution in [2.24, 2.45) is 22.7 Å². The summed E-state index contributed by atoms with van der Waals surface area (Å²) in [6, 6.07) is 0. The number of fused-ring (bicyclic) bond motifs is 1. The summed E-state index contributed by atoms with van der Waals surface area (Å²) in [7, 11) is 0. The van der Waals surface area contributed by atoms with E-state index in [9.17, 15) is 46.1 Å². The van der Waals surface area contributed by atoms with E-state index in [4.69, 9.17) is 8.22 Å². The Kier molecular flexibility index (Phi) is 8.12. The maximum absolute atomic E-state index is 14.4. The molecular weight excluding hydrogens is 577 g/mol. The average Bonchev–Trinajstić information content (AvgIpc) is 3.29. The number of hydrogen-bond acceptors (Lipinski definition) is 3. The minimum absolute atomic E-state index is 0.0401. The molecule has 0 amide bonds. The lowest BCUT2D eigenvalue weighted by molar-refractivity contribution is -0.347. The summed E-state index contributed by atoms with van der Waals surface area (Å²) in [4.78, 5) is 0. The van der Waals surface area contributed by atoms with Crippen LogP contribution in [0.15, 0.2) is 47.6 Å². The van der Waals surface area contributed by atoms with Gasteiger partial charge in [-0.15, -0.1) is 0 Å². The van der Waals surface area contributed by atoms with Crippen LogP contribution in [0, 0.1) is 22.7 Å². The lowest BCUT2D eigenvalue weighted by atomic mass is 9.55. The van der Waals surface area contributed by atoms with Crippen LogP contribution in [0.1, 0.15) is 106 Å². The summed E-state index contributed by atoms with van der Waals surface area (Å²) in [5.74, 6) is -0.426. The van der Waals surface area contributed by atoms with Crippen LogP contribution in [0.2, 0.25) is 0 Å². The van der Waals surface area contributed by atoms with Gasteiger partial charge in [-0.1, -0.05) is 50.6 Å². The molecule has 3 N–H and O–H groups in total. The van der Waals surface area contributed by atoms with Crippen LogP contribution in [0.25, 0.3) is 0 Å². The van der Waals surface area contributed by atoms with Crippen LogP contribution < -0.4 is 0 Å². The zero-order chi connectivity index (χ0) is 37.6. The number of alkyl halides is 7. The molecule has 0 aliphatic heterocycles. The van der Waals surface area contributed by atoms with Gasteiger partial charge in [0.25, 0.3) is 5.60 Å². The van der Waals surface area contributed by atoms with E-state index in [1.54, 1.807) is 13.0 Å². The van der Waals surface area contributed by atoms with Gasteiger partial charge in [-0.05, 0) is 111 Å². The Balaban J connectivity index is 2.01. The van der Waals surface area contributed by atoms with E-state index >= 15 is 0 Å². The lowest BCUT2D eigenvalue weighted by Gasteiger charge is -2.49. The van der Waals surface area contributed by atoms with Crippen LogP contribution in [0.4, 0.5) is 30.7 Å². The second-order valence-corrected chi connectivity index (χ2v) is 13.3. The maximum atomic E-state index is 14.4. The molecule has 0 aromatic heterocycles. The monoisotopic (exact) mass is 630 g/mol. The van der Waals surface area contributed by atoms with E-state index < -0.39 is 73.2 Å². The number of hydrogen-bond donors (Lipinski definition) is 3. The van der Waals surface area contributed by atoms with Crippen LogP contribution in [-0.4, -0.2) is 51.1 Å². The van der Waals surface area contributed by atoms with Crippen molar-refractivity contribution in [2.45, 2.75) is 134 Å². The second-order valence-electron chi connectivity index (χ2n) is 13.3. The van der Waals surface area contributed by atoms with Gasteiger partial charge >= 0.3 is 12.4 Å².